The first-order valence-corrected chi connectivity index (χ1v) is 6.75. The normalized spacial score (nSPS) is 12.0. The molecule has 1 aromatic heterocycles. The van der Waals surface area contributed by atoms with Crippen LogP contribution in [0.3, 0.4) is 0 Å². The van der Waals surface area contributed by atoms with Crippen molar-refractivity contribution in [1.29, 1.82) is 0 Å². The van der Waals surface area contributed by atoms with Crippen molar-refractivity contribution in [1.82, 2.24) is 10.3 Å². The molecule has 0 saturated carbocycles. The lowest BCUT2D eigenvalue weighted by Crippen LogP contribution is -2.36. The van der Waals surface area contributed by atoms with Crippen molar-refractivity contribution >= 4 is 23.3 Å². The maximum Gasteiger partial charge on any atom is 0.271 e. The third-order valence-electron chi connectivity index (χ3n) is 2.37. The van der Waals surface area contributed by atoms with Gasteiger partial charge in [-0.25, -0.2) is 4.98 Å². The average Bonchev–Trinajstić information content (AvgIpc) is 2.38. The van der Waals surface area contributed by atoms with Gasteiger partial charge in [0, 0.05) is 19.2 Å². The lowest BCUT2D eigenvalue weighted by atomic mass is 10.3. The van der Waals surface area contributed by atoms with Gasteiger partial charge < -0.3 is 15.4 Å². The van der Waals surface area contributed by atoms with Crippen LogP contribution in [0.2, 0.25) is 5.02 Å². The summed E-state index contributed by atoms with van der Waals surface area (Å²) >= 11 is 6.00. The first-order chi connectivity index (χ1) is 9.08. The quantitative estimate of drug-likeness (QED) is 0.807. The lowest BCUT2D eigenvalue weighted by molar-refractivity contribution is 0.0867. The van der Waals surface area contributed by atoms with Crippen LogP contribution in [0.1, 0.15) is 31.3 Å². The lowest BCUT2D eigenvalue weighted by Gasteiger charge is -2.14. The van der Waals surface area contributed by atoms with Crippen molar-refractivity contribution < 1.29 is 9.53 Å². The smallest absolute Gasteiger partial charge is 0.271 e. The number of carbonyl (C=O) groups is 1. The number of ether oxygens (including phenoxy) is 1. The first kappa shape index (κ1) is 15.7. The highest BCUT2D eigenvalue weighted by molar-refractivity contribution is 6.33. The topological polar surface area (TPSA) is 63.2 Å². The standard InChI is InChI=1S/C13H20ClN3O2/c1-4-15-11-7-6-10(14)12(17-11)13(18)16-9(3)8-19-5-2/h6-7,9H,4-5,8H2,1-3H3,(H,15,17)(H,16,18). The zero-order chi connectivity index (χ0) is 14.3. The Morgan fingerprint density at radius 1 is 1.47 bits per heavy atom. The number of pyridine rings is 1. The molecule has 1 amide bonds. The third kappa shape index (κ3) is 5.04. The molecule has 0 fully saturated rings. The molecule has 0 aliphatic rings. The highest BCUT2D eigenvalue weighted by atomic mass is 35.5. The van der Waals surface area contributed by atoms with E-state index in [2.05, 4.69) is 15.6 Å². The molecule has 2 N–H and O–H groups in total. The van der Waals surface area contributed by atoms with Crippen LogP contribution >= 0.6 is 11.6 Å². The summed E-state index contributed by atoms with van der Waals surface area (Å²) in [6, 6.07) is 3.31. The first-order valence-electron chi connectivity index (χ1n) is 6.37. The van der Waals surface area contributed by atoms with Crippen LogP contribution in [-0.4, -0.2) is 36.7 Å². The highest BCUT2D eigenvalue weighted by Gasteiger charge is 2.15. The number of halogens is 1. The van der Waals surface area contributed by atoms with Gasteiger partial charge in [-0.1, -0.05) is 11.6 Å². The molecular weight excluding hydrogens is 266 g/mol. The van der Waals surface area contributed by atoms with Gasteiger partial charge in [-0.15, -0.1) is 0 Å². The van der Waals surface area contributed by atoms with Gasteiger partial charge in [-0.3, -0.25) is 4.79 Å². The van der Waals surface area contributed by atoms with Crippen LogP contribution in [0.5, 0.6) is 0 Å². The minimum atomic E-state index is -0.294. The Labute approximate surface area is 118 Å². The molecule has 0 spiro atoms. The van der Waals surface area contributed by atoms with Gasteiger partial charge in [0.2, 0.25) is 0 Å². The van der Waals surface area contributed by atoms with Gasteiger partial charge in [-0.2, -0.15) is 0 Å². The zero-order valence-electron chi connectivity index (χ0n) is 11.5. The molecule has 0 saturated heterocycles. The minimum Gasteiger partial charge on any atom is -0.380 e. The van der Waals surface area contributed by atoms with Crippen LogP contribution in [-0.2, 0) is 4.74 Å². The Bertz CT molecular complexity index is 426. The SMILES string of the molecule is CCNc1ccc(Cl)c(C(=O)NC(C)COCC)n1. The summed E-state index contributed by atoms with van der Waals surface area (Å²) in [6.45, 7) is 7.56. The van der Waals surface area contributed by atoms with E-state index in [4.69, 9.17) is 16.3 Å². The summed E-state index contributed by atoms with van der Waals surface area (Å²) in [4.78, 5) is 16.3. The molecule has 0 radical (unpaired) electrons. The maximum absolute atomic E-state index is 12.1. The molecule has 0 aliphatic carbocycles. The molecule has 1 unspecified atom stereocenters. The number of anilines is 1. The predicted molar refractivity (Wildman–Crippen MR) is 76.8 cm³/mol. The number of hydrogen-bond donors (Lipinski definition) is 2. The average molecular weight is 286 g/mol. The molecule has 106 valence electrons. The summed E-state index contributed by atoms with van der Waals surface area (Å²) in [5.74, 6) is 0.339. The molecule has 1 rings (SSSR count). The van der Waals surface area contributed by atoms with Gasteiger partial charge >= 0.3 is 0 Å². The molecule has 6 heteroatoms. The van der Waals surface area contributed by atoms with Crippen molar-refractivity contribution in [2.24, 2.45) is 0 Å². The van der Waals surface area contributed by atoms with E-state index >= 15 is 0 Å². The number of amides is 1. The van der Waals surface area contributed by atoms with E-state index in [1.807, 2.05) is 20.8 Å². The number of nitrogens with zero attached hydrogens (tertiary/aromatic N) is 1. The summed E-state index contributed by atoms with van der Waals surface area (Å²) in [5.41, 5.74) is 0.225. The Kier molecular flexibility index (Phi) is 6.59. The fraction of sp³-hybridized carbons (Fsp3) is 0.538. The molecule has 0 bridgehead atoms. The second-order valence-corrected chi connectivity index (χ2v) is 4.50. The number of carbonyl (C=O) groups excluding carboxylic acids is 1. The van der Waals surface area contributed by atoms with Crippen LogP contribution in [0.15, 0.2) is 12.1 Å². The van der Waals surface area contributed by atoms with E-state index in [-0.39, 0.29) is 17.6 Å². The molecule has 19 heavy (non-hydrogen) atoms. The van der Waals surface area contributed by atoms with Crippen molar-refractivity contribution in [2.45, 2.75) is 26.8 Å². The Morgan fingerprint density at radius 3 is 2.84 bits per heavy atom. The van der Waals surface area contributed by atoms with E-state index in [1.165, 1.54) is 0 Å². The van der Waals surface area contributed by atoms with Crippen LogP contribution in [0.25, 0.3) is 0 Å². The highest BCUT2D eigenvalue weighted by Crippen LogP contribution is 2.16. The molecule has 1 atom stereocenters. The summed E-state index contributed by atoms with van der Waals surface area (Å²) in [7, 11) is 0. The number of nitrogens with one attached hydrogen (secondary N) is 2. The molecule has 1 heterocycles. The van der Waals surface area contributed by atoms with Crippen LogP contribution in [0.4, 0.5) is 5.82 Å². The summed E-state index contributed by atoms with van der Waals surface area (Å²) in [5, 5.41) is 6.18. The molecule has 1 aromatic rings. The van der Waals surface area contributed by atoms with Gasteiger partial charge in [0.15, 0.2) is 0 Å². The number of aromatic nitrogens is 1. The number of hydrogen-bond acceptors (Lipinski definition) is 4. The second kappa shape index (κ2) is 7.96. The van der Waals surface area contributed by atoms with Crippen LogP contribution in [0, 0.1) is 0 Å². The largest absolute Gasteiger partial charge is 0.380 e. The summed E-state index contributed by atoms with van der Waals surface area (Å²) in [6.07, 6.45) is 0. The van der Waals surface area contributed by atoms with E-state index in [9.17, 15) is 4.79 Å². The van der Waals surface area contributed by atoms with Gasteiger partial charge in [0.25, 0.3) is 5.91 Å². The van der Waals surface area contributed by atoms with E-state index in [1.54, 1.807) is 12.1 Å². The minimum absolute atomic E-state index is 0.0897. The summed E-state index contributed by atoms with van der Waals surface area (Å²) < 4.78 is 5.24. The molecule has 0 aromatic carbocycles. The molecule has 0 aliphatic heterocycles. The molecular formula is C13H20ClN3O2. The van der Waals surface area contributed by atoms with Crippen molar-refractivity contribution in [3.8, 4) is 0 Å². The monoisotopic (exact) mass is 285 g/mol. The third-order valence-corrected chi connectivity index (χ3v) is 2.67. The van der Waals surface area contributed by atoms with Crippen molar-refractivity contribution in [3.63, 3.8) is 0 Å². The Balaban J connectivity index is 2.72. The van der Waals surface area contributed by atoms with Crippen molar-refractivity contribution in [3.05, 3.63) is 22.8 Å². The fourth-order valence-corrected chi connectivity index (χ4v) is 1.70. The maximum atomic E-state index is 12.1. The van der Waals surface area contributed by atoms with Gasteiger partial charge in [0.1, 0.15) is 11.5 Å². The van der Waals surface area contributed by atoms with Crippen molar-refractivity contribution in [2.75, 3.05) is 25.1 Å². The zero-order valence-corrected chi connectivity index (χ0v) is 12.3. The van der Waals surface area contributed by atoms with Gasteiger partial charge in [0.05, 0.1) is 11.6 Å². The Morgan fingerprint density at radius 2 is 2.21 bits per heavy atom. The number of rotatable bonds is 7. The predicted octanol–water partition coefficient (Wildman–Crippen LogP) is 2.32. The van der Waals surface area contributed by atoms with Crippen LogP contribution < -0.4 is 10.6 Å². The van der Waals surface area contributed by atoms with Gasteiger partial charge in [-0.05, 0) is 32.9 Å². The fourth-order valence-electron chi connectivity index (χ4n) is 1.51. The molecule has 5 nitrogen and oxygen atoms in total. The van der Waals surface area contributed by atoms with E-state index in [0.717, 1.165) is 6.54 Å². The van der Waals surface area contributed by atoms with E-state index < -0.39 is 0 Å². The second-order valence-electron chi connectivity index (χ2n) is 4.09. The van der Waals surface area contributed by atoms with E-state index in [0.29, 0.717) is 24.1 Å². The Hall–Kier alpha value is -1.33.